The molecule has 4 nitrogen and oxygen atoms in total. The molecule has 1 saturated heterocycles. The third-order valence-electron chi connectivity index (χ3n) is 3.03. The Bertz CT molecular complexity index is 427. The Morgan fingerprint density at radius 2 is 2.16 bits per heavy atom. The monoisotopic (exact) mass is 300 g/mol. The number of thioether (sulfide) groups is 1. The maximum atomic E-state index is 11.3. The lowest BCUT2D eigenvalue weighted by atomic mass is 10.2. The summed E-state index contributed by atoms with van der Waals surface area (Å²) >= 11 is 7.63. The Kier molecular flexibility index (Phi) is 5.51. The van der Waals surface area contributed by atoms with Crippen LogP contribution in [0.15, 0.2) is 24.3 Å². The van der Waals surface area contributed by atoms with Crippen molar-refractivity contribution in [1.82, 2.24) is 5.43 Å². The lowest BCUT2D eigenvalue weighted by Gasteiger charge is -2.12. The molecule has 19 heavy (non-hydrogen) atoms. The summed E-state index contributed by atoms with van der Waals surface area (Å²) in [4.78, 5) is 11.3. The van der Waals surface area contributed by atoms with E-state index in [0.717, 1.165) is 29.4 Å². The van der Waals surface area contributed by atoms with Crippen molar-refractivity contribution in [2.75, 3.05) is 5.75 Å². The molecule has 0 aliphatic carbocycles. The summed E-state index contributed by atoms with van der Waals surface area (Å²) in [5, 5.41) is 0.753. The fraction of sp³-hybridized carbons (Fsp3) is 0.462. The average molecular weight is 301 g/mol. The van der Waals surface area contributed by atoms with Crippen molar-refractivity contribution in [1.29, 1.82) is 0 Å². The molecule has 0 bridgehead atoms. The van der Waals surface area contributed by atoms with E-state index in [9.17, 15) is 4.79 Å². The first-order valence-electron chi connectivity index (χ1n) is 6.17. The highest BCUT2D eigenvalue weighted by atomic mass is 35.5. The van der Waals surface area contributed by atoms with E-state index in [4.69, 9.17) is 22.2 Å². The van der Waals surface area contributed by atoms with Crippen molar-refractivity contribution >= 4 is 29.3 Å². The molecular weight excluding hydrogens is 284 g/mol. The Morgan fingerprint density at radius 1 is 1.42 bits per heavy atom. The highest BCUT2D eigenvalue weighted by Crippen LogP contribution is 2.24. The second-order valence-corrected chi connectivity index (χ2v) is 5.94. The fourth-order valence-electron chi connectivity index (χ4n) is 2.00. The van der Waals surface area contributed by atoms with Crippen LogP contribution in [0.3, 0.4) is 0 Å². The Hall–Kier alpha value is -0.750. The van der Waals surface area contributed by atoms with Gasteiger partial charge < -0.3 is 4.74 Å². The first-order chi connectivity index (χ1) is 9.19. The van der Waals surface area contributed by atoms with Crippen LogP contribution in [0.5, 0.6) is 0 Å². The van der Waals surface area contributed by atoms with E-state index >= 15 is 0 Å². The van der Waals surface area contributed by atoms with Crippen molar-refractivity contribution in [3.63, 3.8) is 0 Å². The normalized spacial score (nSPS) is 22.4. The molecule has 1 heterocycles. The molecular formula is C13H17ClN2O2S. The molecule has 0 spiro atoms. The molecule has 2 rings (SSSR count). The van der Waals surface area contributed by atoms with Gasteiger partial charge in [-0.15, -0.1) is 0 Å². The lowest BCUT2D eigenvalue weighted by Crippen LogP contribution is -2.39. The fourth-order valence-corrected chi connectivity index (χ4v) is 3.18. The summed E-state index contributed by atoms with van der Waals surface area (Å²) in [6.07, 6.45) is 1.41. The summed E-state index contributed by atoms with van der Waals surface area (Å²) in [6.45, 7) is 0. The number of hydrogen-bond donors (Lipinski definition) is 2. The number of rotatable bonds is 5. The van der Waals surface area contributed by atoms with Crippen LogP contribution in [0.25, 0.3) is 0 Å². The molecule has 2 unspecified atom stereocenters. The first-order valence-corrected chi connectivity index (χ1v) is 7.70. The van der Waals surface area contributed by atoms with Crippen LogP contribution in [0.2, 0.25) is 5.02 Å². The number of amides is 1. The number of nitrogens with one attached hydrogen (secondary N) is 1. The SMILES string of the molecule is NNC(=O)C1CCC(CSCc2ccc(Cl)cc2)O1. The number of hydrazine groups is 1. The van der Waals surface area contributed by atoms with Crippen molar-refractivity contribution in [2.24, 2.45) is 5.84 Å². The third kappa shape index (κ3) is 4.38. The molecule has 0 aromatic heterocycles. The standard InChI is InChI=1S/C13H17ClN2O2S/c14-10-3-1-9(2-4-10)7-19-8-11-5-6-12(18-11)13(17)16-15/h1-4,11-12H,5-8,15H2,(H,16,17). The van der Waals surface area contributed by atoms with Crippen molar-refractivity contribution in [3.8, 4) is 0 Å². The van der Waals surface area contributed by atoms with Gasteiger partial charge in [-0.1, -0.05) is 23.7 Å². The van der Waals surface area contributed by atoms with E-state index in [0.29, 0.717) is 0 Å². The molecule has 6 heteroatoms. The van der Waals surface area contributed by atoms with Gasteiger partial charge in [0.25, 0.3) is 5.91 Å². The Morgan fingerprint density at radius 3 is 2.84 bits per heavy atom. The van der Waals surface area contributed by atoms with Gasteiger partial charge in [0.2, 0.25) is 0 Å². The van der Waals surface area contributed by atoms with Gasteiger partial charge in [0, 0.05) is 16.5 Å². The zero-order valence-corrected chi connectivity index (χ0v) is 12.0. The maximum Gasteiger partial charge on any atom is 0.263 e. The molecule has 0 saturated carbocycles. The van der Waals surface area contributed by atoms with Crippen LogP contribution >= 0.6 is 23.4 Å². The van der Waals surface area contributed by atoms with Crippen LogP contribution < -0.4 is 11.3 Å². The smallest absolute Gasteiger partial charge is 0.263 e. The highest BCUT2D eigenvalue weighted by molar-refractivity contribution is 7.98. The number of nitrogens with two attached hydrogens (primary N) is 1. The van der Waals surface area contributed by atoms with Gasteiger partial charge in [-0.2, -0.15) is 11.8 Å². The van der Waals surface area contributed by atoms with Crippen LogP contribution in [0.4, 0.5) is 0 Å². The summed E-state index contributed by atoms with van der Waals surface area (Å²) in [6, 6.07) is 7.83. The van der Waals surface area contributed by atoms with Gasteiger partial charge >= 0.3 is 0 Å². The summed E-state index contributed by atoms with van der Waals surface area (Å²) in [5.74, 6) is 6.67. The third-order valence-corrected chi connectivity index (χ3v) is 4.42. The molecule has 3 N–H and O–H groups in total. The van der Waals surface area contributed by atoms with Crippen LogP contribution in [0.1, 0.15) is 18.4 Å². The molecule has 1 aliphatic heterocycles. The zero-order chi connectivity index (χ0) is 13.7. The number of hydrogen-bond acceptors (Lipinski definition) is 4. The molecule has 1 aliphatic rings. The zero-order valence-electron chi connectivity index (χ0n) is 10.5. The number of carbonyl (C=O) groups is 1. The summed E-state index contributed by atoms with van der Waals surface area (Å²) in [7, 11) is 0. The Balaban J connectivity index is 1.69. The minimum atomic E-state index is -0.383. The minimum absolute atomic E-state index is 0.139. The number of carbonyl (C=O) groups excluding carboxylic acids is 1. The van der Waals surface area contributed by atoms with Crippen molar-refractivity contribution < 1.29 is 9.53 Å². The molecule has 1 fully saturated rings. The minimum Gasteiger partial charge on any atom is -0.364 e. The summed E-state index contributed by atoms with van der Waals surface area (Å²) in [5.41, 5.74) is 3.37. The predicted octanol–water partition coefficient (Wildman–Crippen LogP) is 2.11. The van der Waals surface area contributed by atoms with E-state index in [-0.39, 0.29) is 18.1 Å². The average Bonchev–Trinajstić information content (AvgIpc) is 2.89. The number of halogens is 1. The van der Waals surface area contributed by atoms with Gasteiger partial charge in [-0.05, 0) is 30.5 Å². The topological polar surface area (TPSA) is 64.3 Å². The second kappa shape index (κ2) is 7.14. The lowest BCUT2D eigenvalue weighted by molar-refractivity contribution is -0.131. The van der Waals surface area contributed by atoms with Gasteiger partial charge in [-0.3, -0.25) is 10.2 Å². The largest absolute Gasteiger partial charge is 0.364 e. The van der Waals surface area contributed by atoms with E-state index in [2.05, 4.69) is 5.43 Å². The molecule has 0 radical (unpaired) electrons. The summed E-state index contributed by atoms with van der Waals surface area (Å²) < 4.78 is 5.64. The number of ether oxygens (including phenoxy) is 1. The predicted molar refractivity (Wildman–Crippen MR) is 77.8 cm³/mol. The van der Waals surface area contributed by atoms with Crippen molar-refractivity contribution in [2.45, 2.75) is 30.8 Å². The molecule has 1 amide bonds. The van der Waals surface area contributed by atoms with Crippen LogP contribution in [0, 0.1) is 0 Å². The van der Waals surface area contributed by atoms with E-state index in [1.54, 1.807) is 11.8 Å². The molecule has 1 aromatic carbocycles. The highest BCUT2D eigenvalue weighted by Gasteiger charge is 2.29. The van der Waals surface area contributed by atoms with Crippen LogP contribution in [-0.4, -0.2) is 23.9 Å². The maximum absolute atomic E-state index is 11.3. The van der Waals surface area contributed by atoms with Crippen molar-refractivity contribution in [3.05, 3.63) is 34.9 Å². The molecule has 1 aromatic rings. The first kappa shape index (κ1) is 14.7. The van der Waals surface area contributed by atoms with Crippen LogP contribution in [-0.2, 0) is 15.3 Å². The van der Waals surface area contributed by atoms with E-state index in [1.807, 2.05) is 24.3 Å². The number of benzene rings is 1. The van der Waals surface area contributed by atoms with E-state index < -0.39 is 0 Å². The Labute approximate surface area is 122 Å². The van der Waals surface area contributed by atoms with E-state index in [1.165, 1.54) is 5.56 Å². The van der Waals surface area contributed by atoms with Gasteiger partial charge in [0.05, 0.1) is 6.10 Å². The molecule has 104 valence electrons. The van der Waals surface area contributed by atoms with Gasteiger partial charge in [0.1, 0.15) is 6.10 Å². The second-order valence-electron chi connectivity index (χ2n) is 4.47. The van der Waals surface area contributed by atoms with Gasteiger partial charge in [0.15, 0.2) is 0 Å². The van der Waals surface area contributed by atoms with Gasteiger partial charge in [-0.25, -0.2) is 5.84 Å². The molecule has 2 atom stereocenters. The quantitative estimate of drug-likeness (QED) is 0.497.